The van der Waals surface area contributed by atoms with E-state index in [1.807, 2.05) is 30.3 Å². The Morgan fingerprint density at radius 3 is 1.73 bits per heavy atom. The molecule has 0 aliphatic carbocycles. The second-order valence-electron chi connectivity index (χ2n) is 12.8. The van der Waals surface area contributed by atoms with Gasteiger partial charge in [0.1, 0.15) is 11.2 Å². The largest absolute Gasteiger partial charge is 0.455 e. The zero-order chi connectivity index (χ0) is 33.5. The fraction of sp³-hybridized carbons (Fsp3) is 0. The molecule has 4 nitrogen and oxygen atoms in total. The van der Waals surface area contributed by atoms with Gasteiger partial charge in [-0.05, 0) is 24.3 Å². The van der Waals surface area contributed by atoms with Crippen molar-refractivity contribution in [1.82, 2.24) is 15.0 Å². The van der Waals surface area contributed by atoms with E-state index in [0.29, 0.717) is 17.5 Å². The highest BCUT2D eigenvalue weighted by atomic mass is 32.1. The molecule has 0 aliphatic rings. The van der Waals surface area contributed by atoms with Crippen molar-refractivity contribution >= 4 is 85.0 Å². The number of aromatic nitrogens is 3. The molecule has 4 heterocycles. The number of thiophene rings is 2. The Hall–Kier alpha value is -6.21. The van der Waals surface area contributed by atoms with Crippen molar-refractivity contribution < 1.29 is 4.42 Å². The first-order chi connectivity index (χ1) is 25.2. The normalized spacial score (nSPS) is 11.9. The first-order valence-electron chi connectivity index (χ1n) is 16.8. The van der Waals surface area contributed by atoms with Gasteiger partial charge in [0.2, 0.25) is 0 Å². The topological polar surface area (TPSA) is 51.8 Å². The number of benzene rings is 7. The number of fused-ring (bicyclic) bond motifs is 9. The van der Waals surface area contributed by atoms with Crippen LogP contribution in [0.2, 0.25) is 0 Å². The van der Waals surface area contributed by atoms with Gasteiger partial charge in [0.25, 0.3) is 0 Å². The lowest BCUT2D eigenvalue weighted by Crippen LogP contribution is -2.00. The van der Waals surface area contributed by atoms with Crippen LogP contribution < -0.4 is 0 Å². The Balaban J connectivity index is 1.07. The van der Waals surface area contributed by atoms with Gasteiger partial charge in [0.05, 0.1) is 0 Å². The van der Waals surface area contributed by atoms with E-state index in [2.05, 4.69) is 121 Å². The lowest BCUT2D eigenvalue weighted by Gasteiger charge is -2.09. The maximum atomic E-state index is 6.45. The first-order valence-corrected chi connectivity index (χ1v) is 18.5. The predicted molar refractivity (Wildman–Crippen MR) is 215 cm³/mol. The summed E-state index contributed by atoms with van der Waals surface area (Å²) in [6.45, 7) is 0. The van der Waals surface area contributed by atoms with E-state index >= 15 is 0 Å². The van der Waals surface area contributed by atoms with Crippen LogP contribution >= 0.6 is 22.7 Å². The summed E-state index contributed by atoms with van der Waals surface area (Å²) in [4.78, 5) is 15.2. The highest BCUT2D eigenvalue weighted by molar-refractivity contribution is 7.26. The number of hydrogen-bond donors (Lipinski definition) is 0. The molecule has 0 spiro atoms. The van der Waals surface area contributed by atoms with Crippen LogP contribution in [0.25, 0.3) is 108 Å². The Kier molecular flexibility index (Phi) is 6.26. The molecule has 0 N–H and O–H groups in total. The van der Waals surface area contributed by atoms with Crippen LogP contribution in [0.1, 0.15) is 0 Å². The lowest BCUT2D eigenvalue weighted by atomic mass is 10.00. The van der Waals surface area contributed by atoms with Crippen LogP contribution in [0, 0.1) is 0 Å². The quantitative estimate of drug-likeness (QED) is 0.185. The van der Waals surface area contributed by atoms with Gasteiger partial charge in [-0.2, -0.15) is 0 Å². The van der Waals surface area contributed by atoms with Crippen molar-refractivity contribution in [3.05, 3.63) is 152 Å². The molecule has 11 aromatic rings. The molecule has 0 unspecified atom stereocenters. The third kappa shape index (κ3) is 4.54. The Morgan fingerprint density at radius 1 is 0.373 bits per heavy atom. The van der Waals surface area contributed by atoms with Crippen LogP contribution in [0.3, 0.4) is 0 Å². The fourth-order valence-corrected chi connectivity index (χ4v) is 9.74. The summed E-state index contributed by atoms with van der Waals surface area (Å²) in [5.74, 6) is 1.97. The van der Waals surface area contributed by atoms with Crippen molar-refractivity contribution in [2.45, 2.75) is 0 Å². The second-order valence-corrected chi connectivity index (χ2v) is 14.9. The van der Waals surface area contributed by atoms with Gasteiger partial charge >= 0.3 is 0 Å². The number of rotatable bonds is 4. The molecule has 0 fully saturated rings. The van der Waals surface area contributed by atoms with Gasteiger partial charge in [-0.25, -0.2) is 15.0 Å². The number of para-hydroxylation sites is 2. The van der Waals surface area contributed by atoms with E-state index in [1.54, 1.807) is 22.7 Å². The summed E-state index contributed by atoms with van der Waals surface area (Å²) in [7, 11) is 0. The Bertz CT molecular complexity index is 3160. The molecule has 4 aromatic heterocycles. The molecule has 11 rings (SSSR count). The van der Waals surface area contributed by atoms with E-state index in [9.17, 15) is 0 Å². The van der Waals surface area contributed by atoms with Crippen molar-refractivity contribution in [2.75, 3.05) is 0 Å². The third-order valence-corrected chi connectivity index (χ3v) is 12.1. The molecule has 238 valence electrons. The summed E-state index contributed by atoms with van der Waals surface area (Å²) >= 11 is 3.60. The second kappa shape index (κ2) is 11.2. The Labute approximate surface area is 299 Å². The minimum atomic E-state index is 0.655. The highest BCUT2D eigenvalue weighted by Crippen LogP contribution is 2.44. The van der Waals surface area contributed by atoms with Crippen molar-refractivity contribution in [3.63, 3.8) is 0 Å². The molecule has 6 heteroatoms. The maximum Gasteiger partial charge on any atom is 0.164 e. The maximum absolute atomic E-state index is 6.45. The van der Waals surface area contributed by atoms with Gasteiger partial charge in [-0.1, -0.05) is 127 Å². The van der Waals surface area contributed by atoms with Crippen LogP contribution in [0.15, 0.2) is 156 Å². The molecule has 0 atom stereocenters. The highest BCUT2D eigenvalue weighted by Gasteiger charge is 2.18. The third-order valence-electron chi connectivity index (χ3n) is 9.76. The Morgan fingerprint density at radius 2 is 0.941 bits per heavy atom. The molecule has 51 heavy (non-hydrogen) atoms. The van der Waals surface area contributed by atoms with E-state index < -0.39 is 0 Å². The van der Waals surface area contributed by atoms with Crippen LogP contribution in [-0.2, 0) is 0 Å². The van der Waals surface area contributed by atoms with E-state index in [1.165, 1.54) is 45.9 Å². The number of hydrogen-bond acceptors (Lipinski definition) is 6. The predicted octanol–water partition coefficient (Wildman–Crippen LogP) is 13.2. The van der Waals surface area contributed by atoms with Crippen LogP contribution in [0.4, 0.5) is 0 Å². The molecule has 7 aromatic carbocycles. The molecule has 0 amide bonds. The summed E-state index contributed by atoms with van der Waals surface area (Å²) in [5.41, 5.74) is 6.99. The summed E-state index contributed by atoms with van der Waals surface area (Å²) in [5, 5.41) is 7.24. The van der Waals surface area contributed by atoms with Gasteiger partial charge in [0.15, 0.2) is 17.5 Å². The van der Waals surface area contributed by atoms with E-state index in [4.69, 9.17) is 19.4 Å². The van der Waals surface area contributed by atoms with Crippen molar-refractivity contribution in [1.29, 1.82) is 0 Å². The zero-order valence-corrected chi connectivity index (χ0v) is 28.6. The minimum Gasteiger partial charge on any atom is -0.455 e. The van der Waals surface area contributed by atoms with E-state index in [-0.39, 0.29) is 0 Å². The van der Waals surface area contributed by atoms with Crippen molar-refractivity contribution in [3.8, 4) is 45.3 Å². The van der Waals surface area contributed by atoms with Gasteiger partial charge in [-0.3, -0.25) is 0 Å². The molecular weight excluding hydrogens is 663 g/mol. The van der Waals surface area contributed by atoms with Crippen LogP contribution in [0.5, 0.6) is 0 Å². The average molecular weight is 688 g/mol. The molecular formula is C45H25N3OS2. The number of nitrogens with zero attached hydrogens (tertiary/aromatic N) is 3. The van der Waals surface area contributed by atoms with Gasteiger partial charge < -0.3 is 4.42 Å². The first kappa shape index (κ1) is 28.6. The van der Waals surface area contributed by atoms with Gasteiger partial charge in [-0.15, -0.1) is 22.7 Å². The standard InChI is InChI=1S/C45H25N3OS2/c1-2-10-26(11-3-1)43-46-44(27-20-22-31-30-13-5-7-19-38(30)50-39(31)24-27)48-45(47-43)28-21-23-32-35-16-9-17-36(42(35)51-40(32)25-28)34-15-8-14-33-29-12-4-6-18-37(29)49-41(33)34/h1-25H. The summed E-state index contributed by atoms with van der Waals surface area (Å²) < 4.78 is 11.4. The van der Waals surface area contributed by atoms with E-state index in [0.717, 1.165) is 44.2 Å². The molecule has 0 saturated carbocycles. The van der Waals surface area contributed by atoms with Gasteiger partial charge in [0, 0.05) is 78.9 Å². The summed E-state index contributed by atoms with van der Waals surface area (Å²) in [6.07, 6.45) is 0. The smallest absolute Gasteiger partial charge is 0.164 e. The summed E-state index contributed by atoms with van der Waals surface area (Å²) in [6, 6.07) is 53.1. The molecule has 0 aliphatic heterocycles. The minimum absolute atomic E-state index is 0.655. The SMILES string of the molecule is c1ccc(-c2nc(-c3ccc4c(c3)sc3ccccc34)nc(-c3ccc4c(c3)sc3c(-c5cccc6c5oc5ccccc56)cccc34)n2)cc1. The molecule has 0 bridgehead atoms. The average Bonchev–Trinajstić information content (AvgIpc) is 3.88. The lowest BCUT2D eigenvalue weighted by molar-refractivity contribution is 0.670. The molecule has 0 radical (unpaired) electrons. The van der Waals surface area contributed by atoms with Crippen LogP contribution in [-0.4, -0.2) is 15.0 Å². The zero-order valence-electron chi connectivity index (χ0n) is 27.0. The number of furan rings is 1. The molecule has 0 saturated heterocycles. The van der Waals surface area contributed by atoms with Crippen molar-refractivity contribution in [2.24, 2.45) is 0 Å². The monoisotopic (exact) mass is 687 g/mol. The fourth-order valence-electron chi connectivity index (χ4n) is 7.32.